The molecular weight excluding hydrogens is 420 g/mol. The molecule has 8 heteroatoms. The van der Waals surface area contributed by atoms with Gasteiger partial charge in [-0.15, -0.1) is 0 Å². The zero-order valence-electron chi connectivity index (χ0n) is 17.8. The maximum Gasteiger partial charge on any atom is 0.255 e. The van der Waals surface area contributed by atoms with E-state index in [2.05, 4.69) is 20.9 Å². The molecule has 164 valence electrons. The highest BCUT2D eigenvalue weighted by Gasteiger charge is 2.12. The van der Waals surface area contributed by atoms with Crippen molar-refractivity contribution in [2.24, 2.45) is 0 Å². The number of para-hydroxylation sites is 2. The van der Waals surface area contributed by atoms with Gasteiger partial charge in [-0.1, -0.05) is 30.3 Å². The third kappa shape index (κ3) is 6.61. The summed E-state index contributed by atoms with van der Waals surface area (Å²) in [5.74, 6) is -0.249. The number of aromatic nitrogens is 1. The number of carbonyl (C=O) groups is 1. The monoisotopic (exact) mass is 446 g/mol. The minimum Gasteiger partial charge on any atom is -0.397 e. The molecule has 32 heavy (non-hydrogen) atoms. The number of nitrogens with zero attached hydrogens (tertiary/aromatic N) is 1. The van der Waals surface area contributed by atoms with Crippen LogP contribution in [0.15, 0.2) is 73.1 Å². The Morgan fingerprint density at radius 1 is 1.09 bits per heavy atom. The topological polar surface area (TPSA) is 116 Å². The predicted molar refractivity (Wildman–Crippen MR) is 133 cm³/mol. The van der Waals surface area contributed by atoms with E-state index in [0.717, 1.165) is 11.1 Å². The number of hydrogen-bond donors (Lipinski definition) is 5. The van der Waals surface area contributed by atoms with Gasteiger partial charge in [0.25, 0.3) is 5.91 Å². The van der Waals surface area contributed by atoms with Crippen LogP contribution in [0.2, 0.25) is 0 Å². The third-order valence-electron chi connectivity index (χ3n) is 4.77. The standard InChI is InChI=1S/C24H26N6OS/c1-16(29-24(32)28-15-17-5-4-12-27-14-17)13-21(26)18-8-10-19(11-9-18)23(31)30-22-7-3-2-6-20(22)25/h2-12,14,16,26H,13,15,25H2,1H3,(H,30,31)(H2,28,29,32)/t16-/m0/s1. The summed E-state index contributed by atoms with van der Waals surface area (Å²) in [6.45, 7) is 2.56. The van der Waals surface area contributed by atoms with Crippen LogP contribution in [0.3, 0.4) is 0 Å². The van der Waals surface area contributed by atoms with Crippen LogP contribution in [0.25, 0.3) is 0 Å². The minimum atomic E-state index is -0.249. The summed E-state index contributed by atoms with van der Waals surface area (Å²) in [4.78, 5) is 16.5. The number of nitrogens with one attached hydrogen (secondary N) is 4. The van der Waals surface area contributed by atoms with Gasteiger partial charge in [-0.3, -0.25) is 9.78 Å². The number of rotatable bonds is 8. The number of amides is 1. The average molecular weight is 447 g/mol. The summed E-state index contributed by atoms with van der Waals surface area (Å²) in [5.41, 5.74) is 9.70. The molecule has 0 radical (unpaired) electrons. The SMILES string of the molecule is C[C@@H](CC(=N)c1ccc(C(=O)Nc2ccccc2N)cc1)NC(=S)NCc1cccnc1. The fourth-order valence-electron chi connectivity index (χ4n) is 3.06. The first kappa shape index (κ1) is 22.9. The Labute approximate surface area is 193 Å². The number of pyridine rings is 1. The Morgan fingerprint density at radius 3 is 2.50 bits per heavy atom. The molecule has 0 saturated heterocycles. The van der Waals surface area contributed by atoms with Crippen LogP contribution >= 0.6 is 12.2 Å². The van der Waals surface area contributed by atoms with Gasteiger partial charge >= 0.3 is 0 Å². The number of nitrogens with two attached hydrogens (primary N) is 1. The Balaban J connectivity index is 1.48. The third-order valence-corrected chi connectivity index (χ3v) is 5.03. The van der Waals surface area contributed by atoms with Crippen LogP contribution in [0, 0.1) is 5.41 Å². The molecule has 2 aromatic carbocycles. The summed E-state index contributed by atoms with van der Waals surface area (Å²) >= 11 is 5.34. The van der Waals surface area contributed by atoms with Crippen molar-refractivity contribution in [2.75, 3.05) is 11.1 Å². The van der Waals surface area contributed by atoms with Crippen molar-refractivity contribution in [3.8, 4) is 0 Å². The van der Waals surface area contributed by atoms with E-state index in [1.165, 1.54) is 0 Å². The molecule has 1 atom stereocenters. The molecule has 0 aliphatic rings. The van der Waals surface area contributed by atoms with Gasteiger partial charge in [0.1, 0.15) is 0 Å². The Morgan fingerprint density at radius 2 is 1.81 bits per heavy atom. The number of hydrogen-bond acceptors (Lipinski definition) is 5. The van der Waals surface area contributed by atoms with Gasteiger partial charge in [0.2, 0.25) is 0 Å². The lowest BCUT2D eigenvalue weighted by Gasteiger charge is -2.17. The molecule has 6 N–H and O–H groups in total. The Kier molecular flexibility index (Phi) is 7.88. The van der Waals surface area contributed by atoms with E-state index in [0.29, 0.717) is 40.7 Å². The van der Waals surface area contributed by atoms with Crippen molar-refractivity contribution >= 4 is 40.3 Å². The molecule has 1 aromatic heterocycles. The normalized spacial score (nSPS) is 11.3. The summed E-state index contributed by atoms with van der Waals surface area (Å²) in [6.07, 6.45) is 4.00. The predicted octanol–water partition coefficient (Wildman–Crippen LogP) is 3.73. The molecule has 3 rings (SSSR count). The maximum atomic E-state index is 12.5. The average Bonchev–Trinajstić information content (AvgIpc) is 2.80. The van der Waals surface area contributed by atoms with Crippen LogP contribution in [-0.4, -0.2) is 27.8 Å². The molecule has 0 saturated carbocycles. The molecule has 0 fully saturated rings. The number of carbonyl (C=O) groups excluding carboxylic acids is 1. The molecule has 1 heterocycles. The van der Waals surface area contributed by atoms with E-state index in [1.807, 2.05) is 31.2 Å². The van der Waals surface area contributed by atoms with E-state index < -0.39 is 0 Å². The van der Waals surface area contributed by atoms with Crippen molar-refractivity contribution in [2.45, 2.75) is 25.9 Å². The molecule has 0 bridgehead atoms. The Bertz CT molecular complexity index is 1090. The first-order chi connectivity index (χ1) is 15.4. The smallest absolute Gasteiger partial charge is 0.255 e. The lowest BCUT2D eigenvalue weighted by atomic mass is 10.0. The maximum absolute atomic E-state index is 12.5. The first-order valence-electron chi connectivity index (χ1n) is 10.2. The summed E-state index contributed by atoms with van der Waals surface area (Å²) in [5, 5.41) is 18.1. The zero-order chi connectivity index (χ0) is 22.9. The van der Waals surface area contributed by atoms with Crippen molar-refractivity contribution in [3.05, 3.63) is 89.7 Å². The van der Waals surface area contributed by atoms with Crippen LogP contribution in [0.4, 0.5) is 11.4 Å². The minimum absolute atomic E-state index is 0.0274. The second kappa shape index (κ2) is 11.0. The second-order valence-electron chi connectivity index (χ2n) is 7.39. The lowest BCUT2D eigenvalue weighted by molar-refractivity contribution is 0.102. The first-order valence-corrected chi connectivity index (χ1v) is 10.6. The molecule has 3 aromatic rings. The molecule has 1 amide bonds. The summed E-state index contributed by atoms with van der Waals surface area (Å²) < 4.78 is 0. The molecule has 7 nitrogen and oxygen atoms in total. The van der Waals surface area contributed by atoms with Crippen molar-refractivity contribution in [3.63, 3.8) is 0 Å². The number of nitrogen functional groups attached to an aromatic ring is 1. The number of thiocarbonyl (C=S) groups is 1. The van der Waals surface area contributed by atoms with Crippen LogP contribution in [0.1, 0.15) is 34.8 Å². The molecule has 0 aliphatic carbocycles. The van der Waals surface area contributed by atoms with Crippen molar-refractivity contribution in [1.82, 2.24) is 15.6 Å². The molecule has 0 unspecified atom stereocenters. The van der Waals surface area contributed by atoms with E-state index >= 15 is 0 Å². The van der Waals surface area contributed by atoms with Gasteiger partial charge in [0.15, 0.2) is 5.11 Å². The van der Waals surface area contributed by atoms with Crippen LogP contribution in [-0.2, 0) is 6.54 Å². The van der Waals surface area contributed by atoms with E-state index in [1.54, 1.807) is 48.8 Å². The molecular formula is C24H26N6OS. The summed E-state index contributed by atoms with van der Waals surface area (Å²) in [7, 11) is 0. The van der Waals surface area contributed by atoms with Gasteiger partial charge in [-0.25, -0.2) is 0 Å². The van der Waals surface area contributed by atoms with Crippen LogP contribution < -0.4 is 21.7 Å². The largest absolute Gasteiger partial charge is 0.397 e. The van der Waals surface area contributed by atoms with Crippen molar-refractivity contribution < 1.29 is 4.79 Å². The highest BCUT2D eigenvalue weighted by Crippen LogP contribution is 2.18. The Hall–Kier alpha value is -3.78. The second-order valence-corrected chi connectivity index (χ2v) is 7.80. The van der Waals surface area contributed by atoms with Gasteiger partial charge in [-0.2, -0.15) is 0 Å². The fraction of sp³-hybridized carbons (Fsp3) is 0.167. The van der Waals surface area contributed by atoms with Crippen molar-refractivity contribution in [1.29, 1.82) is 5.41 Å². The van der Waals surface area contributed by atoms with E-state index in [-0.39, 0.29) is 11.9 Å². The van der Waals surface area contributed by atoms with Gasteiger partial charge < -0.3 is 27.1 Å². The quantitative estimate of drug-likeness (QED) is 0.205. The lowest BCUT2D eigenvalue weighted by Crippen LogP contribution is -2.41. The highest BCUT2D eigenvalue weighted by molar-refractivity contribution is 7.80. The number of benzene rings is 2. The van der Waals surface area contributed by atoms with Gasteiger partial charge in [0, 0.05) is 42.7 Å². The van der Waals surface area contributed by atoms with Gasteiger partial charge in [0.05, 0.1) is 11.4 Å². The van der Waals surface area contributed by atoms with E-state index in [4.69, 9.17) is 23.4 Å². The van der Waals surface area contributed by atoms with E-state index in [9.17, 15) is 4.79 Å². The highest BCUT2D eigenvalue weighted by atomic mass is 32.1. The van der Waals surface area contributed by atoms with Crippen LogP contribution in [0.5, 0.6) is 0 Å². The molecule has 0 spiro atoms. The molecule has 0 aliphatic heterocycles. The summed E-state index contributed by atoms with van der Waals surface area (Å²) in [6, 6.07) is 17.9. The van der Waals surface area contributed by atoms with Gasteiger partial charge in [-0.05, 0) is 60.6 Å². The fourth-order valence-corrected chi connectivity index (χ4v) is 3.34. The zero-order valence-corrected chi connectivity index (χ0v) is 18.6. The number of anilines is 2.